The van der Waals surface area contributed by atoms with Gasteiger partial charge in [0.15, 0.2) is 0 Å². The van der Waals surface area contributed by atoms with Gasteiger partial charge in [0.1, 0.15) is 5.75 Å². The van der Waals surface area contributed by atoms with Gasteiger partial charge in [-0.2, -0.15) is 0 Å². The molecule has 0 amide bonds. The molecule has 0 spiro atoms. The molecule has 3 rings (SSSR count). The average Bonchev–Trinajstić information content (AvgIpc) is 2.48. The van der Waals surface area contributed by atoms with Crippen LogP contribution < -0.4 is 10.1 Å². The lowest BCUT2D eigenvalue weighted by atomic mass is 10.1. The molecule has 3 heteroatoms. The topological polar surface area (TPSA) is 34.1 Å². The van der Waals surface area contributed by atoms with Gasteiger partial charge in [-0.1, -0.05) is 17.7 Å². The Morgan fingerprint density at radius 3 is 2.71 bits per heavy atom. The van der Waals surface area contributed by atoms with E-state index in [2.05, 4.69) is 36.3 Å². The van der Waals surface area contributed by atoms with Crippen LogP contribution in [0, 0.1) is 13.8 Å². The lowest BCUT2D eigenvalue weighted by Gasteiger charge is -2.12. The largest absolute Gasteiger partial charge is 0.497 e. The summed E-state index contributed by atoms with van der Waals surface area (Å²) < 4.78 is 5.27. The summed E-state index contributed by atoms with van der Waals surface area (Å²) in [6.07, 6.45) is 1.84. The van der Waals surface area contributed by atoms with E-state index < -0.39 is 0 Å². The Hall–Kier alpha value is -2.55. The molecule has 1 heterocycles. The molecule has 0 saturated carbocycles. The molecule has 106 valence electrons. The van der Waals surface area contributed by atoms with Crippen molar-refractivity contribution in [2.24, 2.45) is 0 Å². The van der Waals surface area contributed by atoms with Crippen molar-refractivity contribution in [1.29, 1.82) is 0 Å². The fourth-order valence-electron chi connectivity index (χ4n) is 2.58. The van der Waals surface area contributed by atoms with Gasteiger partial charge in [-0.25, -0.2) is 0 Å². The highest BCUT2D eigenvalue weighted by molar-refractivity contribution is 5.95. The van der Waals surface area contributed by atoms with Crippen LogP contribution in [-0.4, -0.2) is 12.1 Å². The van der Waals surface area contributed by atoms with Crippen molar-refractivity contribution in [3.63, 3.8) is 0 Å². The quantitative estimate of drug-likeness (QED) is 0.760. The van der Waals surface area contributed by atoms with Gasteiger partial charge in [0.05, 0.1) is 12.6 Å². The number of hydrogen-bond donors (Lipinski definition) is 1. The molecule has 0 atom stereocenters. The summed E-state index contributed by atoms with van der Waals surface area (Å²) in [7, 11) is 1.67. The highest BCUT2D eigenvalue weighted by Crippen LogP contribution is 2.29. The van der Waals surface area contributed by atoms with E-state index in [1.165, 1.54) is 11.1 Å². The molecule has 3 nitrogen and oxygen atoms in total. The summed E-state index contributed by atoms with van der Waals surface area (Å²) in [5, 5.41) is 4.59. The summed E-state index contributed by atoms with van der Waals surface area (Å²) >= 11 is 0. The summed E-state index contributed by atoms with van der Waals surface area (Å²) in [5.41, 5.74) is 5.52. The number of aryl methyl sites for hydroxylation is 2. The molecular weight excluding hydrogens is 260 g/mol. The van der Waals surface area contributed by atoms with Gasteiger partial charge in [0.2, 0.25) is 0 Å². The predicted molar refractivity (Wildman–Crippen MR) is 87.5 cm³/mol. The highest BCUT2D eigenvalue weighted by atomic mass is 16.5. The molecule has 0 saturated heterocycles. The Bertz CT molecular complexity index is 796. The van der Waals surface area contributed by atoms with Gasteiger partial charge in [-0.15, -0.1) is 0 Å². The van der Waals surface area contributed by atoms with E-state index in [9.17, 15) is 0 Å². The first kappa shape index (κ1) is 13.4. The van der Waals surface area contributed by atoms with Gasteiger partial charge in [0.25, 0.3) is 0 Å². The number of aromatic nitrogens is 1. The summed E-state index contributed by atoms with van der Waals surface area (Å²) in [6.45, 7) is 4.20. The highest BCUT2D eigenvalue weighted by Gasteiger charge is 2.06. The number of benzene rings is 2. The summed E-state index contributed by atoms with van der Waals surface area (Å²) in [6, 6.07) is 14.2. The fraction of sp³-hybridized carbons (Fsp3) is 0.167. The Balaban J connectivity index is 2.08. The maximum absolute atomic E-state index is 5.27. The van der Waals surface area contributed by atoms with Crippen molar-refractivity contribution in [2.75, 3.05) is 12.4 Å². The number of anilines is 2. The number of rotatable bonds is 3. The SMILES string of the molecule is COc1cccc(Nc2ccnc3c(C)cc(C)cc23)c1. The summed E-state index contributed by atoms with van der Waals surface area (Å²) in [5.74, 6) is 0.839. The van der Waals surface area contributed by atoms with E-state index in [-0.39, 0.29) is 0 Å². The molecule has 3 aromatic rings. The van der Waals surface area contributed by atoms with E-state index in [1.54, 1.807) is 7.11 Å². The number of hydrogen-bond acceptors (Lipinski definition) is 3. The van der Waals surface area contributed by atoms with Gasteiger partial charge in [-0.3, -0.25) is 4.98 Å². The van der Waals surface area contributed by atoms with E-state index in [1.807, 2.05) is 36.5 Å². The van der Waals surface area contributed by atoms with E-state index in [0.29, 0.717) is 0 Å². The Kier molecular flexibility index (Phi) is 3.48. The predicted octanol–water partition coefficient (Wildman–Crippen LogP) is 4.60. The number of ether oxygens (including phenoxy) is 1. The molecule has 1 N–H and O–H groups in total. The van der Waals surface area contributed by atoms with Gasteiger partial charge < -0.3 is 10.1 Å². The van der Waals surface area contributed by atoms with Crippen LogP contribution in [-0.2, 0) is 0 Å². The third-order valence-corrected chi connectivity index (χ3v) is 3.53. The maximum atomic E-state index is 5.27. The van der Waals surface area contributed by atoms with Crippen LogP contribution in [0.15, 0.2) is 48.7 Å². The zero-order chi connectivity index (χ0) is 14.8. The van der Waals surface area contributed by atoms with Gasteiger partial charge in [-0.05, 0) is 43.7 Å². The van der Waals surface area contributed by atoms with Crippen molar-refractivity contribution in [3.05, 3.63) is 59.8 Å². The number of pyridine rings is 1. The first-order valence-electron chi connectivity index (χ1n) is 6.94. The first-order valence-corrected chi connectivity index (χ1v) is 6.94. The Morgan fingerprint density at radius 1 is 1.05 bits per heavy atom. The van der Waals surface area contributed by atoms with Crippen LogP contribution in [0.5, 0.6) is 5.75 Å². The number of nitrogens with zero attached hydrogens (tertiary/aromatic N) is 1. The fourth-order valence-corrected chi connectivity index (χ4v) is 2.58. The van der Waals surface area contributed by atoms with Crippen LogP contribution in [0.4, 0.5) is 11.4 Å². The van der Waals surface area contributed by atoms with Crippen LogP contribution in [0.1, 0.15) is 11.1 Å². The van der Waals surface area contributed by atoms with Crippen molar-refractivity contribution < 1.29 is 4.74 Å². The number of methoxy groups -OCH3 is 1. The minimum Gasteiger partial charge on any atom is -0.497 e. The lowest BCUT2D eigenvalue weighted by Crippen LogP contribution is -1.95. The first-order chi connectivity index (χ1) is 10.2. The standard InChI is InChI=1S/C18H18N2O/c1-12-9-13(2)18-16(10-12)17(7-8-19-18)20-14-5-4-6-15(11-14)21-3/h4-11H,1-3H3,(H,19,20). The Labute approximate surface area is 124 Å². The molecular formula is C18H18N2O. The van der Waals surface area contributed by atoms with Crippen LogP contribution in [0.3, 0.4) is 0 Å². The van der Waals surface area contributed by atoms with Crippen molar-refractivity contribution >= 4 is 22.3 Å². The molecule has 0 fully saturated rings. The van der Waals surface area contributed by atoms with Gasteiger partial charge >= 0.3 is 0 Å². The average molecular weight is 278 g/mol. The van der Waals surface area contributed by atoms with Crippen molar-refractivity contribution in [2.45, 2.75) is 13.8 Å². The molecule has 1 aromatic heterocycles. The van der Waals surface area contributed by atoms with Crippen LogP contribution in [0.25, 0.3) is 10.9 Å². The van der Waals surface area contributed by atoms with Crippen molar-refractivity contribution in [3.8, 4) is 5.75 Å². The molecule has 2 aromatic carbocycles. The van der Waals surface area contributed by atoms with Crippen LogP contribution >= 0.6 is 0 Å². The third-order valence-electron chi connectivity index (χ3n) is 3.53. The molecule has 0 radical (unpaired) electrons. The van der Waals surface area contributed by atoms with E-state index in [0.717, 1.165) is 28.0 Å². The summed E-state index contributed by atoms with van der Waals surface area (Å²) in [4.78, 5) is 4.49. The van der Waals surface area contributed by atoms with Crippen molar-refractivity contribution in [1.82, 2.24) is 4.98 Å². The molecule has 0 aliphatic carbocycles. The zero-order valence-electron chi connectivity index (χ0n) is 12.5. The third kappa shape index (κ3) is 2.68. The molecule has 21 heavy (non-hydrogen) atoms. The van der Waals surface area contributed by atoms with E-state index >= 15 is 0 Å². The minimum atomic E-state index is 0.839. The minimum absolute atomic E-state index is 0.839. The lowest BCUT2D eigenvalue weighted by molar-refractivity contribution is 0.415. The molecule has 0 aliphatic rings. The molecule has 0 bridgehead atoms. The zero-order valence-corrected chi connectivity index (χ0v) is 12.5. The maximum Gasteiger partial charge on any atom is 0.120 e. The van der Waals surface area contributed by atoms with Gasteiger partial charge in [0, 0.05) is 29.0 Å². The second-order valence-electron chi connectivity index (χ2n) is 5.19. The monoisotopic (exact) mass is 278 g/mol. The molecule has 0 unspecified atom stereocenters. The number of fused-ring (bicyclic) bond motifs is 1. The number of nitrogens with one attached hydrogen (secondary N) is 1. The Morgan fingerprint density at radius 2 is 1.90 bits per heavy atom. The second kappa shape index (κ2) is 5.44. The normalized spacial score (nSPS) is 10.6. The molecule has 0 aliphatic heterocycles. The second-order valence-corrected chi connectivity index (χ2v) is 5.19. The van der Waals surface area contributed by atoms with Crippen LogP contribution in [0.2, 0.25) is 0 Å². The smallest absolute Gasteiger partial charge is 0.120 e. The van der Waals surface area contributed by atoms with E-state index in [4.69, 9.17) is 4.74 Å².